The first-order valence-electron chi connectivity index (χ1n) is 5.67. The lowest BCUT2D eigenvalue weighted by Gasteiger charge is -2.07. The molecule has 1 heterocycles. The third kappa shape index (κ3) is 3.09. The first-order chi connectivity index (χ1) is 9.60. The van der Waals surface area contributed by atoms with Gasteiger partial charge in [-0.2, -0.15) is 5.26 Å². The number of carbonyl (C=O) groups excluding carboxylic acids is 1. The molecule has 0 spiro atoms. The minimum Gasteiger partial charge on any atom is -0.457 e. The van der Waals surface area contributed by atoms with Crippen LogP contribution in [-0.2, 0) is 11.3 Å². The van der Waals surface area contributed by atoms with E-state index in [1.807, 2.05) is 6.07 Å². The van der Waals surface area contributed by atoms with Crippen molar-refractivity contribution in [2.24, 2.45) is 0 Å². The van der Waals surface area contributed by atoms with E-state index in [1.165, 1.54) is 18.3 Å². The number of nitrogens with two attached hydrogens (primary N) is 1. The largest absolute Gasteiger partial charge is 0.457 e. The summed E-state index contributed by atoms with van der Waals surface area (Å²) in [5.74, 6) is -1.29. The van der Waals surface area contributed by atoms with Crippen molar-refractivity contribution in [1.82, 2.24) is 4.98 Å². The number of rotatable bonds is 3. The highest BCUT2D eigenvalue weighted by Crippen LogP contribution is 2.15. The molecule has 0 aliphatic heterocycles. The summed E-state index contributed by atoms with van der Waals surface area (Å²) in [6.07, 6.45) is 1.44. The number of nitrogens with zero attached hydrogens (tertiary/aromatic N) is 2. The molecule has 0 fully saturated rings. The third-order valence-corrected chi connectivity index (χ3v) is 2.54. The van der Waals surface area contributed by atoms with E-state index >= 15 is 0 Å². The van der Waals surface area contributed by atoms with Crippen molar-refractivity contribution >= 4 is 11.7 Å². The molecule has 6 heteroatoms. The van der Waals surface area contributed by atoms with Gasteiger partial charge in [0.15, 0.2) is 0 Å². The van der Waals surface area contributed by atoms with Gasteiger partial charge in [-0.15, -0.1) is 0 Å². The van der Waals surface area contributed by atoms with Crippen molar-refractivity contribution in [2.45, 2.75) is 6.61 Å². The van der Waals surface area contributed by atoms with E-state index in [0.29, 0.717) is 5.56 Å². The molecule has 5 nitrogen and oxygen atoms in total. The second kappa shape index (κ2) is 5.80. The molecule has 20 heavy (non-hydrogen) atoms. The fraction of sp³-hybridized carbons (Fsp3) is 0.0714. The Hall–Kier alpha value is -2.94. The highest BCUT2D eigenvalue weighted by atomic mass is 19.1. The molecule has 0 amide bonds. The number of nitrogen functional groups attached to an aromatic ring is 1. The Morgan fingerprint density at radius 3 is 2.95 bits per heavy atom. The van der Waals surface area contributed by atoms with Crippen molar-refractivity contribution in [3.05, 3.63) is 59.2 Å². The van der Waals surface area contributed by atoms with Gasteiger partial charge in [-0.3, -0.25) is 0 Å². The molecule has 0 unspecified atom stereocenters. The Bertz CT molecular complexity index is 695. The SMILES string of the molecule is N#Cc1cc(COC(=O)c2cc(F)ccc2N)ccn1. The predicted molar refractivity (Wildman–Crippen MR) is 68.9 cm³/mol. The highest BCUT2D eigenvalue weighted by molar-refractivity contribution is 5.95. The highest BCUT2D eigenvalue weighted by Gasteiger charge is 2.12. The monoisotopic (exact) mass is 271 g/mol. The average molecular weight is 271 g/mol. The van der Waals surface area contributed by atoms with Crippen LogP contribution in [0.2, 0.25) is 0 Å². The molecule has 100 valence electrons. The molecule has 1 aromatic carbocycles. The van der Waals surface area contributed by atoms with Crippen LogP contribution in [0.3, 0.4) is 0 Å². The van der Waals surface area contributed by atoms with E-state index in [0.717, 1.165) is 12.1 Å². The van der Waals surface area contributed by atoms with E-state index in [2.05, 4.69) is 4.98 Å². The molecule has 0 aliphatic rings. The molecule has 0 saturated heterocycles. The number of pyridine rings is 1. The van der Waals surface area contributed by atoms with Crippen LogP contribution < -0.4 is 5.73 Å². The lowest BCUT2D eigenvalue weighted by molar-refractivity contribution is 0.0473. The summed E-state index contributed by atoms with van der Waals surface area (Å²) in [6.45, 7) is -0.0496. The minimum absolute atomic E-state index is 0.0282. The summed E-state index contributed by atoms with van der Waals surface area (Å²) in [7, 11) is 0. The number of ether oxygens (including phenoxy) is 1. The number of halogens is 1. The van der Waals surface area contributed by atoms with Crippen LogP contribution in [0.5, 0.6) is 0 Å². The Kier molecular flexibility index (Phi) is 3.91. The molecule has 2 aromatic rings. The van der Waals surface area contributed by atoms with Crippen molar-refractivity contribution in [3.8, 4) is 6.07 Å². The van der Waals surface area contributed by atoms with E-state index in [1.54, 1.807) is 6.07 Å². The number of carbonyl (C=O) groups is 1. The fourth-order valence-electron chi connectivity index (χ4n) is 1.56. The van der Waals surface area contributed by atoms with Crippen molar-refractivity contribution in [2.75, 3.05) is 5.73 Å². The zero-order chi connectivity index (χ0) is 14.5. The Balaban J connectivity index is 2.09. The molecule has 0 bridgehead atoms. The van der Waals surface area contributed by atoms with E-state index in [-0.39, 0.29) is 23.6 Å². The van der Waals surface area contributed by atoms with Crippen LogP contribution >= 0.6 is 0 Å². The van der Waals surface area contributed by atoms with Crippen molar-refractivity contribution in [3.63, 3.8) is 0 Å². The molecule has 1 aromatic heterocycles. The third-order valence-electron chi connectivity index (χ3n) is 2.54. The molecular formula is C14H10FN3O2. The number of nitriles is 1. The van der Waals surface area contributed by atoms with Gasteiger partial charge < -0.3 is 10.5 Å². The van der Waals surface area contributed by atoms with Gasteiger partial charge in [0.2, 0.25) is 0 Å². The van der Waals surface area contributed by atoms with Crippen molar-refractivity contribution < 1.29 is 13.9 Å². The number of hydrogen-bond donors (Lipinski definition) is 1. The summed E-state index contributed by atoms with van der Waals surface area (Å²) in [5.41, 5.74) is 6.54. The summed E-state index contributed by atoms with van der Waals surface area (Å²) >= 11 is 0. The number of aromatic nitrogens is 1. The molecule has 0 atom stereocenters. The summed E-state index contributed by atoms with van der Waals surface area (Å²) in [5, 5.41) is 8.71. The lowest BCUT2D eigenvalue weighted by atomic mass is 10.2. The summed E-state index contributed by atoms with van der Waals surface area (Å²) < 4.78 is 18.1. The standard InChI is InChI=1S/C14H10FN3O2/c15-10-1-2-13(17)12(6-10)14(19)20-8-9-3-4-18-11(5-9)7-16/h1-6H,8,17H2. The van der Waals surface area contributed by atoms with Crippen LogP contribution in [-0.4, -0.2) is 11.0 Å². The second-order valence-corrected chi connectivity index (χ2v) is 3.97. The maximum Gasteiger partial charge on any atom is 0.340 e. The van der Waals surface area contributed by atoms with Crippen LogP contribution in [0.25, 0.3) is 0 Å². The number of esters is 1. The van der Waals surface area contributed by atoms with Gasteiger partial charge >= 0.3 is 5.97 Å². The summed E-state index contributed by atoms with van der Waals surface area (Å²) in [6, 6.07) is 8.48. The molecule has 2 N–H and O–H groups in total. The van der Waals surface area contributed by atoms with E-state index in [9.17, 15) is 9.18 Å². The van der Waals surface area contributed by atoms with E-state index < -0.39 is 11.8 Å². The van der Waals surface area contributed by atoms with Gasteiger partial charge in [0.1, 0.15) is 24.2 Å². The lowest BCUT2D eigenvalue weighted by Crippen LogP contribution is -2.09. The number of benzene rings is 1. The first kappa shape index (κ1) is 13.5. The predicted octanol–water partition coefficient (Wildman–Crippen LogP) is 2.03. The normalized spacial score (nSPS) is 9.80. The Morgan fingerprint density at radius 2 is 2.20 bits per heavy atom. The molecule has 2 rings (SSSR count). The maximum atomic E-state index is 13.1. The minimum atomic E-state index is -0.725. The number of hydrogen-bond acceptors (Lipinski definition) is 5. The fourth-order valence-corrected chi connectivity index (χ4v) is 1.56. The van der Waals surface area contributed by atoms with E-state index in [4.69, 9.17) is 15.7 Å². The summed E-state index contributed by atoms with van der Waals surface area (Å²) in [4.78, 5) is 15.6. The molecule has 0 saturated carbocycles. The topological polar surface area (TPSA) is 89.0 Å². The van der Waals surface area contributed by atoms with Crippen LogP contribution in [0.4, 0.5) is 10.1 Å². The van der Waals surface area contributed by atoms with Gasteiger partial charge in [-0.1, -0.05) is 0 Å². The van der Waals surface area contributed by atoms with Crippen LogP contribution in [0, 0.1) is 17.1 Å². The van der Waals surface area contributed by atoms with Gasteiger partial charge in [-0.05, 0) is 35.9 Å². The van der Waals surface area contributed by atoms with Gasteiger partial charge in [-0.25, -0.2) is 14.2 Å². The zero-order valence-electron chi connectivity index (χ0n) is 10.3. The quantitative estimate of drug-likeness (QED) is 0.681. The Morgan fingerprint density at radius 1 is 1.40 bits per heavy atom. The number of anilines is 1. The smallest absolute Gasteiger partial charge is 0.340 e. The average Bonchev–Trinajstić information content (AvgIpc) is 2.47. The van der Waals surface area contributed by atoms with Crippen molar-refractivity contribution in [1.29, 1.82) is 5.26 Å². The molecular weight excluding hydrogens is 261 g/mol. The van der Waals surface area contributed by atoms with Gasteiger partial charge in [0.25, 0.3) is 0 Å². The maximum absolute atomic E-state index is 13.1. The molecule has 0 aliphatic carbocycles. The second-order valence-electron chi connectivity index (χ2n) is 3.97. The van der Waals surface area contributed by atoms with Crippen LogP contribution in [0.15, 0.2) is 36.5 Å². The molecule has 0 radical (unpaired) electrons. The first-order valence-corrected chi connectivity index (χ1v) is 5.67. The zero-order valence-corrected chi connectivity index (χ0v) is 10.3. The van der Waals surface area contributed by atoms with Gasteiger partial charge in [0.05, 0.1) is 5.56 Å². The van der Waals surface area contributed by atoms with Gasteiger partial charge in [0, 0.05) is 11.9 Å². The van der Waals surface area contributed by atoms with Crippen LogP contribution in [0.1, 0.15) is 21.6 Å². The Labute approximate surface area is 114 Å².